The van der Waals surface area contributed by atoms with Crippen LogP contribution in [0.2, 0.25) is 0 Å². The molecule has 0 atom stereocenters. The number of halogens is 1. The zero-order valence-electron chi connectivity index (χ0n) is 11.9. The number of aliphatic hydroxyl groups is 1. The summed E-state index contributed by atoms with van der Waals surface area (Å²) in [4.78, 5) is -0.150. The minimum Gasteiger partial charge on any atom is -0.465 e. The highest BCUT2D eigenvalue weighted by molar-refractivity contribution is 7.92. The fourth-order valence-electron chi connectivity index (χ4n) is 2.16. The first-order chi connectivity index (χ1) is 9.76. The summed E-state index contributed by atoms with van der Waals surface area (Å²) in [5, 5.41) is 9.31. The molecule has 1 aromatic heterocycles. The molecule has 5 nitrogen and oxygen atoms in total. The Labute approximate surface area is 122 Å². The van der Waals surface area contributed by atoms with Crippen molar-refractivity contribution in [3.63, 3.8) is 0 Å². The number of furan rings is 1. The lowest BCUT2D eigenvalue weighted by molar-refractivity contribution is 0.276. The Balaban J connectivity index is 2.51. The van der Waals surface area contributed by atoms with Crippen molar-refractivity contribution < 1.29 is 22.3 Å². The largest absolute Gasteiger partial charge is 0.465 e. The number of rotatable bonds is 4. The van der Waals surface area contributed by atoms with Gasteiger partial charge in [0.2, 0.25) is 0 Å². The molecule has 0 spiro atoms. The predicted octanol–water partition coefficient (Wildman–Crippen LogP) is 2.64. The van der Waals surface area contributed by atoms with Crippen molar-refractivity contribution in [3.05, 3.63) is 46.7 Å². The van der Waals surface area contributed by atoms with Crippen LogP contribution in [0.25, 0.3) is 0 Å². The molecule has 1 aromatic carbocycles. The molecule has 0 saturated heterocycles. The van der Waals surface area contributed by atoms with Gasteiger partial charge in [-0.25, -0.2) is 12.8 Å². The monoisotopic (exact) mass is 313 g/mol. The lowest BCUT2D eigenvalue weighted by atomic mass is 10.2. The molecule has 2 aromatic rings. The van der Waals surface area contributed by atoms with Crippen LogP contribution in [0.1, 0.15) is 22.6 Å². The molecule has 0 bridgehead atoms. The second-order valence-corrected chi connectivity index (χ2v) is 6.39. The van der Waals surface area contributed by atoms with Crippen LogP contribution in [0.5, 0.6) is 0 Å². The Morgan fingerprint density at radius 2 is 1.90 bits per heavy atom. The molecule has 0 unspecified atom stereocenters. The number of anilines is 1. The molecular formula is C14H16FNO4S. The van der Waals surface area contributed by atoms with E-state index in [4.69, 9.17) is 4.42 Å². The van der Waals surface area contributed by atoms with E-state index in [1.54, 1.807) is 19.9 Å². The van der Waals surface area contributed by atoms with E-state index in [-0.39, 0.29) is 21.9 Å². The number of benzene rings is 1. The molecule has 0 fully saturated rings. The van der Waals surface area contributed by atoms with Gasteiger partial charge in [0.1, 0.15) is 22.2 Å². The van der Waals surface area contributed by atoms with Gasteiger partial charge in [0, 0.05) is 5.56 Å². The van der Waals surface area contributed by atoms with Gasteiger partial charge in [-0.2, -0.15) is 0 Å². The van der Waals surface area contributed by atoms with Crippen molar-refractivity contribution in [2.45, 2.75) is 32.3 Å². The summed E-state index contributed by atoms with van der Waals surface area (Å²) in [6.45, 7) is 4.29. The number of nitrogens with one attached hydrogen (secondary N) is 1. The Bertz CT molecular complexity index is 781. The van der Waals surface area contributed by atoms with E-state index < -0.39 is 22.4 Å². The molecule has 1 heterocycles. The second kappa shape index (κ2) is 5.50. The smallest absolute Gasteiger partial charge is 0.265 e. The van der Waals surface area contributed by atoms with Gasteiger partial charge in [-0.15, -0.1) is 0 Å². The summed E-state index contributed by atoms with van der Waals surface area (Å²) in [5.74, 6) is -0.204. The molecule has 0 aliphatic rings. The Morgan fingerprint density at radius 3 is 2.52 bits per heavy atom. The average molecular weight is 313 g/mol. The van der Waals surface area contributed by atoms with E-state index in [0.717, 1.165) is 5.56 Å². The zero-order chi connectivity index (χ0) is 15.8. The third kappa shape index (κ3) is 2.93. The maximum Gasteiger partial charge on any atom is 0.265 e. The number of sulfonamides is 1. The van der Waals surface area contributed by atoms with Crippen molar-refractivity contribution >= 4 is 15.7 Å². The maximum absolute atomic E-state index is 13.7. The fraction of sp³-hybridized carbons (Fsp3) is 0.286. The van der Waals surface area contributed by atoms with Crippen molar-refractivity contribution in [2.24, 2.45) is 0 Å². The van der Waals surface area contributed by atoms with Gasteiger partial charge in [-0.05, 0) is 38.5 Å². The molecule has 0 aliphatic carbocycles. The molecule has 0 amide bonds. The van der Waals surface area contributed by atoms with Crippen LogP contribution in [0.4, 0.5) is 10.1 Å². The van der Waals surface area contributed by atoms with E-state index in [9.17, 15) is 17.9 Å². The van der Waals surface area contributed by atoms with E-state index in [1.807, 2.05) is 0 Å². The molecule has 2 rings (SSSR count). The minimum absolute atomic E-state index is 0.142. The highest BCUT2D eigenvalue weighted by Gasteiger charge is 2.27. The Hall–Kier alpha value is -1.86. The highest BCUT2D eigenvalue weighted by Crippen LogP contribution is 2.29. The average Bonchev–Trinajstić information content (AvgIpc) is 2.68. The first-order valence-corrected chi connectivity index (χ1v) is 7.73. The van der Waals surface area contributed by atoms with Crippen LogP contribution >= 0.6 is 0 Å². The van der Waals surface area contributed by atoms with Crippen LogP contribution in [0, 0.1) is 26.6 Å². The summed E-state index contributed by atoms with van der Waals surface area (Å²) >= 11 is 0. The molecule has 0 aliphatic heterocycles. The van der Waals surface area contributed by atoms with E-state index >= 15 is 0 Å². The molecule has 0 saturated carbocycles. The van der Waals surface area contributed by atoms with Gasteiger partial charge in [-0.1, -0.05) is 6.07 Å². The summed E-state index contributed by atoms with van der Waals surface area (Å²) in [5.41, 5.74) is 0.752. The second-order valence-electron chi connectivity index (χ2n) is 4.77. The molecule has 0 radical (unpaired) electrons. The lowest BCUT2D eigenvalue weighted by Crippen LogP contribution is -2.16. The van der Waals surface area contributed by atoms with Crippen molar-refractivity contribution in [3.8, 4) is 0 Å². The van der Waals surface area contributed by atoms with Crippen molar-refractivity contribution in [1.82, 2.24) is 0 Å². The minimum atomic E-state index is -4.05. The normalized spacial score (nSPS) is 11.7. The van der Waals surface area contributed by atoms with E-state index in [0.29, 0.717) is 5.76 Å². The zero-order valence-corrected chi connectivity index (χ0v) is 12.7. The summed E-state index contributed by atoms with van der Waals surface area (Å²) in [6, 6.07) is 4.13. The third-order valence-electron chi connectivity index (χ3n) is 3.12. The van der Waals surface area contributed by atoms with E-state index in [1.165, 1.54) is 19.1 Å². The summed E-state index contributed by atoms with van der Waals surface area (Å²) < 4.78 is 46.0. The maximum atomic E-state index is 13.7. The number of aliphatic hydroxyl groups excluding tert-OH is 1. The molecular weight excluding hydrogens is 297 g/mol. The predicted molar refractivity (Wildman–Crippen MR) is 76.1 cm³/mol. The number of hydrogen-bond donors (Lipinski definition) is 2. The molecule has 114 valence electrons. The van der Waals surface area contributed by atoms with Gasteiger partial charge < -0.3 is 9.52 Å². The van der Waals surface area contributed by atoms with E-state index in [2.05, 4.69) is 4.72 Å². The first kappa shape index (κ1) is 15.5. The van der Waals surface area contributed by atoms with Crippen LogP contribution in [-0.2, 0) is 16.6 Å². The standard InChI is InChI=1S/C14H16FNO4S/c1-8-4-5-12(15)13(6-8)16-21(18,19)14-10(3)20-9(2)11(14)7-17/h4-6,16-17H,7H2,1-3H3. The summed E-state index contributed by atoms with van der Waals surface area (Å²) in [7, 11) is -4.05. The van der Waals surface area contributed by atoms with Gasteiger partial charge in [0.15, 0.2) is 0 Å². The Morgan fingerprint density at radius 1 is 1.24 bits per heavy atom. The quantitative estimate of drug-likeness (QED) is 0.909. The number of aryl methyl sites for hydroxylation is 3. The van der Waals surface area contributed by atoms with Crippen LogP contribution in [0.3, 0.4) is 0 Å². The van der Waals surface area contributed by atoms with Gasteiger partial charge in [0.25, 0.3) is 10.0 Å². The molecule has 21 heavy (non-hydrogen) atoms. The highest BCUT2D eigenvalue weighted by atomic mass is 32.2. The van der Waals surface area contributed by atoms with Crippen molar-refractivity contribution in [1.29, 1.82) is 0 Å². The summed E-state index contributed by atoms with van der Waals surface area (Å²) in [6.07, 6.45) is 0. The van der Waals surface area contributed by atoms with Crippen LogP contribution in [-0.4, -0.2) is 13.5 Å². The third-order valence-corrected chi connectivity index (χ3v) is 4.68. The Kier molecular flexibility index (Phi) is 4.06. The first-order valence-electron chi connectivity index (χ1n) is 6.25. The molecule has 2 N–H and O–H groups in total. The fourth-order valence-corrected chi connectivity index (χ4v) is 3.66. The SMILES string of the molecule is Cc1ccc(F)c(NS(=O)(=O)c2c(C)oc(C)c2CO)c1. The van der Waals surface area contributed by atoms with Crippen molar-refractivity contribution in [2.75, 3.05) is 4.72 Å². The van der Waals surface area contributed by atoms with Crippen LogP contribution in [0.15, 0.2) is 27.5 Å². The lowest BCUT2D eigenvalue weighted by Gasteiger charge is -2.10. The van der Waals surface area contributed by atoms with Gasteiger partial charge >= 0.3 is 0 Å². The topological polar surface area (TPSA) is 79.5 Å². The van der Waals surface area contributed by atoms with Crippen LogP contribution < -0.4 is 4.72 Å². The number of hydrogen-bond acceptors (Lipinski definition) is 4. The molecule has 7 heteroatoms. The van der Waals surface area contributed by atoms with Gasteiger partial charge in [0.05, 0.1) is 12.3 Å². The van der Waals surface area contributed by atoms with Gasteiger partial charge in [-0.3, -0.25) is 4.72 Å².